The van der Waals surface area contributed by atoms with Gasteiger partial charge in [-0.05, 0) is 17.7 Å². The van der Waals surface area contributed by atoms with Crippen molar-refractivity contribution in [1.29, 1.82) is 0 Å². The smallest absolute Gasteiger partial charge is 0.119 e. The molecule has 0 aliphatic carbocycles. The zero-order chi connectivity index (χ0) is 10.4. The minimum atomic E-state index is -0.0323. The zero-order valence-corrected chi connectivity index (χ0v) is 8.82. The predicted molar refractivity (Wildman–Crippen MR) is 54.6 cm³/mol. The van der Waals surface area contributed by atoms with Crippen LogP contribution < -0.4 is 4.74 Å². The van der Waals surface area contributed by atoms with Gasteiger partial charge in [-0.3, -0.25) is 0 Å². The molecule has 0 saturated carbocycles. The first-order valence-corrected chi connectivity index (χ1v) is 4.47. The fourth-order valence-corrected chi connectivity index (χ4v) is 1.29. The summed E-state index contributed by atoms with van der Waals surface area (Å²) in [6.45, 7) is 0.545. The minimum Gasteiger partial charge on any atom is -0.497 e. The molecule has 0 amide bonds. The molecule has 3 heteroatoms. The van der Waals surface area contributed by atoms with Crippen LogP contribution >= 0.6 is 0 Å². The van der Waals surface area contributed by atoms with Gasteiger partial charge >= 0.3 is 0 Å². The van der Waals surface area contributed by atoms with Gasteiger partial charge in [0.2, 0.25) is 0 Å². The van der Waals surface area contributed by atoms with Gasteiger partial charge in [0.1, 0.15) is 11.9 Å². The molecular weight excluding hydrogens is 180 g/mol. The zero-order valence-electron chi connectivity index (χ0n) is 8.82. The third-order valence-electron chi connectivity index (χ3n) is 2.07. The van der Waals surface area contributed by atoms with Crippen molar-refractivity contribution in [1.82, 2.24) is 0 Å². The molecule has 0 aliphatic heterocycles. The van der Waals surface area contributed by atoms with Gasteiger partial charge < -0.3 is 14.2 Å². The molecule has 0 spiro atoms. The fraction of sp³-hybridized carbons (Fsp3) is 0.455. The van der Waals surface area contributed by atoms with Crippen LogP contribution in [0, 0.1) is 0 Å². The maximum Gasteiger partial charge on any atom is 0.119 e. The lowest BCUT2D eigenvalue weighted by molar-refractivity contribution is 0.0274. The summed E-state index contributed by atoms with van der Waals surface area (Å²) in [4.78, 5) is 0. The molecular formula is C11H16O3. The highest BCUT2D eigenvalue weighted by Gasteiger charge is 2.10. The Kier molecular flexibility index (Phi) is 4.43. The van der Waals surface area contributed by atoms with Crippen molar-refractivity contribution in [2.45, 2.75) is 6.10 Å². The van der Waals surface area contributed by atoms with E-state index in [1.807, 2.05) is 24.3 Å². The number of ether oxygens (including phenoxy) is 3. The van der Waals surface area contributed by atoms with Crippen LogP contribution in [0.2, 0.25) is 0 Å². The van der Waals surface area contributed by atoms with Crippen LogP contribution in [0.5, 0.6) is 5.75 Å². The second-order valence-electron chi connectivity index (χ2n) is 2.96. The van der Waals surface area contributed by atoms with Crippen LogP contribution in [0.4, 0.5) is 0 Å². The Morgan fingerprint density at radius 1 is 1.21 bits per heavy atom. The molecule has 14 heavy (non-hydrogen) atoms. The SMILES string of the molecule is COCC(OC)c1cccc(OC)c1. The number of methoxy groups -OCH3 is 3. The van der Waals surface area contributed by atoms with Crippen molar-refractivity contribution in [3.8, 4) is 5.75 Å². The third kappa shape index (κ3) is 2.72. The normalized spacial score (nSPS) is 12.5. The molecule has 1 atom stereocenters. The van der Waals surface area contributed by atoms with E-state index < -0.39 is 0 Å². The summed E-state index contributed by atoms with van der Waals surface area (Å²) in [6, 6.07) is 7.79. The standard InChI is InChI=1S/C11H16O3/c1-12-8-11(14-3)9-5-4-6-10(7-9)13-2/h4-7,11H,8H2,1-3H3. The first-order chi connectivity index (χ1) is 6.81. The molecule has 0 heterocycles. The number of hydrogen-bond acceptors (Lipinski definition) is 3. The molecule has 0 fully saturated rings. The second kappa shape index (κ2) is 5.62. The topological polar surface area (TPSA) is 27.7 Å². The average molecular weight is 196 g/mol. The molecule has 1 unspecified atom stereocenters. The van der Waals surface area contributed by atoms with Crippen LogP contribution in [-0.4, -0.2) is 27.9 Å². The Morgan fingerprint density at radius 3 is 2.57 bits per heavy atom. The van der Waals surface area contributed by atoms with Gasteiger partial charge in [0, 0.05) is 14.2 Å². The molecule has 0 N–H and O–H groups in total. The summed E-state index contributed by atoms with van der Waals surface area (Å²) in [5.74, 6) is 0.834. The first kappa shape index (κ1) is 11.0. The summed E-state index contributed by atoms with van der Waals surface area (Å²) in [5.41, 5.74) is 1.06. The molecule has 1 aromatic carbocycles. The van der Waals surface area contributed by atoms with E-state index in [4.69, 9.17) is 14.2 Å². The number of rotatable bonds is 5. The Labute approximate surface area is 84.6 Å². The van der Waals surface area contributed by atoms with Crippen molar-refractivity contribution < 1.29 is 14.2 Å². The predicted octanol–water partition coefficient (Wildman–Crippen LogP) is 2.03. The van der Waals surface area contributed by atoms with Crippen LogP contribution in [-0.2, 0) is 9.47 Å². The van der Waals surface area contributed by atoms with Gasteiger partial charge in [0.25, 0.3) is 0 Å². The van der Waals surface area contributed by atoms with Crippen LogP contribution in [0.15, 0.2) is 24.3 Å². The molecule has 1 rings (SSSR count). The highest BCUT2D eigenvalue weighted by molar-refractivity contribution is 5.29. The molecule has 78 valence electrons. The second-order valence-corrected chi connectivity index (χ2v) is 2.96. The van der Waals surface area contributed by atoms with E-state index >= 15 is 0 Å². The Hall–Kier alpha value is -1.06. The largest absolute Gasteiger partial charge is 0.497 e. The van der Waals surface area contributed by atoms with E-state index in [-0.39, 0.29) is 6.10 Å². The van der Waals surface area contributed by atoms with Crippen molar-refractivity contribution in [2.24, 2.45) is 0 Å². The van der Waals surface area contributed by atoms with Crippen molar-refractivity contribution in [3.05, 3.63) is 29.8 Å². The Morgan fingerprint density at radius 2 is 2.00 bits per heavy atom. The van der Waals surface area contributed by atoms with Gasteiger partial charge in [-0.2, -0.15) is 0 Å². The van der Waals surface area contributed by atoms with Crippen molar-refractivity contribution >= 4 is 0 Å². The summed E-state index contributed by atoms with van der Waals surface area (Å²) in [5, 5.41) is 0. The van der Waals surface area contributed by atoms with Crippen LogP contribution in [0.3, 0.4) is 0 Å². The van der Waals surface area contributed by atoms with Gasteiger partial charge in [0.15, 0.2) is 0 Å². The lowest BCUT2D eigenvalue weighted by Crippen LogP contribution is -2.08. The number of benzene rings is 1. The summed E-state index contributed by atoms with van der Waals surface area (Å²) in [6.07, 6.45) is -0.0323. The quantitative estimate of drug-likeness (QED) is 0.721. The van der Waals surface area contributed by atoms with Gasteiger partial charge in [-0.1, -0.05) is 12.1 Å². The maximum atomic E-state index is 5.30. The molecule has 1 aromatic rings. The van der Waals surface area contributed by atoms with E-state index in [1.165, 1.54) is 0 Å². The molecule has 0 aromatic heterocycles. The minimum absolute atomic E-state index is 0.0323. The Bertz CT molecular complexity index is 273. The van der Waals surface area contributed by atoms with E-state index in [9.17, 15) is 0 Å². The highest BCUT2D eigenvalue weighted by Crippen LogP contribution is 2.21. The fourth-order valence-electron chi connectivity index (χ4n) is 1.29. The van der Waals surface area contributed by atoms with Crippen molar-refractivity contribution in [2.75, 3.05) is 27.9 Å². The van der Waals surface area contributed by atoms with E-state index in [2.05, 4.69) is 0 Å². The lowest BCUT2D eigenvalue weighted by Gasteiger charge is -2.15. The van der Waals surface area contributed by atoms with Crippen molar-refractivity contribution in [3.63, 3.8) is 0 Å². The number of hydrogen-bond donors (Lipinski definition) is 0. The molecule has 3 nitrogen and oxygen atoms in total. The van der Waals surface area contributed by atoms with E-state index in [1.54, 1.807) is 21.3 Å². The highest BCUT2D eigenvalue weighted by atomic mass is 16.5. The first-order valence-electron chi connectivity index (χ1n) is 4.47. The van der Waals surface area contributed by atoms with Crippen LogP contribution in [0.25, 0.3) is 0 Å². The molecule has 0 bridgehead atoms. The summed E-state index contributed by atoms with van der Waals surface area (Å²) in [7, 11) is 4.98. The molecule has 0 radical (unpaired) electrons. The third-order valence-corrected chi connectivity index (χ3v) is 2.07. The van der Waals surface area contributed by atoms with Gasteiger partial charge in [-0.25, -0.2) is 0 Å². The Balaban J connectivity index is 2.80. The maximum absolute atomic E-state index is 5.30. The summed E-state index contributed by atoms with van der Waals surface area (Å²) < 4.78 is 15.5. The summed E-state index contributed by atoms with van der Waals surface area (Å²) >= 11 is 0. The monoisotopic (exact) mass is 196 g/mol. The van der Waals surface area contributed by atoms with E-state index in [0.717, 1.165) is 11.3 Å². The average Bonchev–Trinajstić information content (AvgIpc) is 2.26. The van der Waals surface area contributed by atoms with Gasteiger partial charge in [-0.15, -0.1) is 0 Å². The molecule has 0 saturated heterocycles. The van der Waals surface area contributed by atoms with Crippen LogP contribution in [0.1, 0.15) is 11.7 Å². The van der Waals surface area contributed by atoms with E-state index in [0.29, 0.717) is 6.61 Å². The molecule has 0 aliphatic rings. The van der Waals surface area contributed by atoms with Gasteiger partial charge in [0.05, 0.1) is 13.7 Å². The lowest BCUT2D eigenvalue weighted by atomic mass is 10.1.